The number of hydrogen-bond donors (Lipinski definition) is 1. The lowest BCUT2D eigenvalue weighted by Gasteiger charge is -2.20. The predicted molar refractivity (Wildman–Crippen MR) is 56.1 cm³/mol. The quantitative estimate of drug-likeness (QED) is 0.576. The average Bonchev–Trinajstić information content (AvgIpc) is 2.12. The van der Waals surface area contributed by atoms with E-state index in [4.69, 9.17) is 0 Å². The van der Waals surface area contributed by atoms with Gasteiger partial charge in [0, 0.05) is 13.1 Å². The molecule has 0 aromatic rings. The number of nitrogens with one attached hydrogen (secondary N) is 1. The second-order valence-corrected chi connectivity index (χ2v) is 3.86. The SMILES string of the molecule is CCC(C)CC(C)NC(=NC)C(F)(F)F. The fraction of sp³-hybridized carbons (Fsp3) is 0.900. The molecule has 2 unspecified atom stereocenters. The molecule has 1 N–H and O–H groups in total. The van der Waals surface area contributed by atoms with E-state index in [0.29, 0.717) is 12.3 Å². The average molecular weight is 224 g/mol. The molecule has 0 aliphatic rings. The Hall–Kier alpha value is -0.740. The zero-order valence-corrected chi connectivity index (χ0v) is 9.65. The molecule has 0 aliphatic carbocycles. The maximum atomic E-state index is 12.3. The Morgan fingerprint density at radius 1 is 1.33 bits per heavy atom. The summed E-state index contributed by atoms with van der Waals surface area (Å²) >= 11 is 0. The van der Waals surface area contributed by atoms with E-state index in [1.165, 1.54) is 0 Å². The van der Waals surface area contributed by atoms with Crippen LogP contribution in [0.2, 0.25) is 0 Å². The van der Waals surface area contributed by atoms with Gasteiger partial charge in [-0.25, -0.2) is 0 Å². The van der Waals surface area contributed by atoms with Gasteiger partial charge in [0.1, 0.15) is 0 Å². The van der Waals surface area contributed by atoms with Crippen molar-refractivity contribution in [3.05, 3.63) is 0 Å². The molecule has 0 fully saturated rings. The summed E-state index contributed by atoms with van der Waals surface area (Å²) in [7, 11) is 1.14. The highest BCUT2D eigenvalue weighted by molar-refractivity contribution is 5.87. The summed E-state index contributed by atoms with van der Waals surface area (Å²) < 4.78 is 36.9. The topological polar surface area (TPSA) is 24.4 Å². The van der Waals surface area contributed by atoms with E-state index < -0.39 is 12.0 Å². The van der Waals surface area contributed by atoms with Crippen LogP contribution in [0.3, 0.4) is 0 Å². The number of amidine groups is 1. The summed E-state index contributed by atoms with van der Waals surface area (Å²) in [5.41, 5.74) is 0. The van der Waals surface area contributed by atoms with Crippen LogP contribution < -0.4 is 5.32 Å². The van der Waals surface area contributed by atoms with Crippen molar-refractivity contribution in [2.24, 2.45) is 10.9 Å². The van der Waals surface area contributed by atoms with Gasteiger partial charge in [-0.05, 0) is 19.3 Å². The van der Waals surface area contributed by atoms with E-state index in [-0.39, 0.29) is 6.04 Å². The number of nitrogens with zero attached hydrogens (tertiary/aromatic N) is 1. The number of alkyl halides is 3. The largest absolute Gasteiger partial charge is 0.448 e. The van der Waals surface area contributed by atoms with Crippen molar-refractivity contribution in [1.29, 1.82) is 0 Å². The van der Waals surface area contributed by atoms with E-state index in [0.717, 1.165) is 13.5 Å². The van der Waals surface area contributed by atoms with Crippen molar-refractivity contribution >= 4 is 5.84 Å². The van der Waals surface area contributed by atoms with Crippen LogP contribution in [0.15, 0.2) is 4.99 Å². The normalized spacial score (nSPS) is 17.4. The van der Waals surface area contributed by atoms with Gasteiger partial charge in [0.2, 0.25) is 5.84 Å². The molecule has 5 heteroatoms. The van der Waals surface area contributed by atoms with Crippen molar-refractivity contribution in [3.8, 4) is 0 Å². The van der Waals surface area contributed by atoms with Crippen molar-refractivity contribution < 1.29 is 13.2 Å². The second kappa shape index (κ2) is 5.98. The Kier molecular flexibility index (Phi) is 5.68. The fourth-order valence-electron chi connectivity index (χ4n) is 1.34. The maximum absolute atomic E-state index is 12.3. The molecule has 0 radical (unpaired) electrons. The van der Waals surface area contributed by atoms with E-state index in [1.54, 1.807) is 6.92 Å². The Labute approximate surface area is 89.0 Å². The molecule has 90 valence electrons. The van der Waals surface area contributed by atoms with E-state index in [1.807, 2.05) is 13.8 Å². The number of hydrogen-bond acceptors (Lipinski definition) is 1. The van der Waals surface area contributed by atoms with Crippen molar-refractivity contribution in [2.45, 2.75) is 45.8 Å². The third kappa shape index (κ3) is 5.64. The minimum atomic E-state index is -4.38. The summed E-state index contributed by atoms with van der Waals surface area (Å²) in [6, 6.07) is -0.208. The Morgan fingerprint density at radius 2 is 1.87 bits per heavy atom. The van der Waals surface area contributed by atoms with Crippen LogP contribution in [0.25, 0.3) is 0 Å². The lowest BCUT2D eigenvalue weighted by molar-refractivity contribution is -0.0624. The lowest BCUT2D eigenvalue weighted by atomic mass is 10.0. The first-order valence-corrected chi connectivity index (χ1v) is 5.11. The highest BCUT2D eigenvalue weighted by atomic mass is 19.4. The zero-order valence-electron chi connectivity index (χ0n) is 9.65. The third-order valence-electron chi connectivity index (χ3n) is 2.33. The number of halogens is 3. The first-order valence-electron chi connectivity index (χ1n) is 5.11. The highest BCUT2D eigenvalue weighted by Crippen LogP contribution is 2.17. The molecule has 0 amide bonds. The van der Waals surface area contributed by atoms with E-state index >= 15 is 0 Å². The first kappa shape index (κ1) is 14.3. The molecule has 2 nitrogen and oxygen atoms in total. The molecular weight excluding hydrogens is 205 g/mol. The van der Waals surface area contributed by atoms with Crippen LogP contribution in [0, 0.1) is 5.92 Å². The van der Waals surface area contributed by atoms with Gasteiger partial charge in [0.25, 0.3) is 0 Å². The van der Waals surface area contributed by atoms with Gasteiger partial charge >= 0.3 is 6.18 Å². The van der Waals surface area contributed by atoms with Crippen LogP contribution in [0.1, 0.15) is 33.6 Å². The van der Waals surface area contributed by atoms with Gasteiger partial charge in [-0.2, -0.15) is 13.2 Å². The van der Waals surface area contributed by atoms with Crippen LogP contribution in [0.4, 0.5) is 13.2 Å². The number of rotatable bonds is 4. The van der Waals surface area contributed by atoms with E-state index in [9.17, 15) is 13.2 Å². The van der Waals surface area contributed by atoms with Crippen LogP contribution in [-0.4, -0.2) is 25.1 Å². The summed E-state index contributed by atoms with van der Waals surface area (Å²) in [6.45, 7) is 5.79. The molecule has 0 aromatic carbocycles. The molecule has 2 atom stereocenters. The van der Waals surface area contributed by atoms with Crippen molar-refractivity contribution in [1.82, 2.24) is 5.32 Å². The van der Waals surface area contributed by atoms with Crippen LogP contribution in [0.5, 0.6) is 0 Å². The third-order valence-corrected chi connectivity index (χ3v) is 2.33. The molecule has 0 rings (SSSR count). The highest BCUT2D eigenvalue weighted by Gasteiger charge is 2.36. The van der Waals surface area contributed by atoms with Crippen LogP contribution in [-0.2, 0) is 0 Å². The monoisotopic (exact) mass is 224 g/mol. The number of aliphatic imine (C=N–C) groups is 1. The van der Waals surface area contributed by atoms with Crippen molar-refractivity contribution in [2.75, 3.05) is 7.05 Å². The molecule has 0 aliphatic heterocycles. The van der Waals surface area contributed by atoms with Gasteiger partial charge < -0.3 is 5.32 Å². The predicted octanol–water partition coefficient (Wildman–Crippen LogP) is 2.99. The zero-order chi connectivity index (χ0) is 12.1. The summed E-state index contributed by atoms with van der Waals surface area (Å²) in [6.07, 6.45) is -2.69. The Morgan fingerprint density at radius 3 is 2.20 bits per heavy atom. The Bertz CT molecular complexity index is 211. The molecule has 0 bridgehead atoms. The van der Waals surface area contributed by atoms with Gasteiger partial charge in [-0.15, -0.1) is 0 Å². The minimum absolute atomic E-state index is 0.208. The second-order valence-electron chi connectivity index (χ2n) is 3.86. The summed E-state index contributed by atoms with van der Waals surface area (Å²) in [4.78, 5) is 3.21. The Balaban J connectivity index is 4.21. The molecular formula is C10H19F3N2. The van der Waals surface area contributed by atoms with Gasteiger partial charge in [0.15, 0.2) is 0 Å². The molecule has 15 heavy (non-hydrogen) atoms. The standard InChI is InChI=1S/C10H19F3N2/c1-5-7(2)6-8(3)15-9(14-4)10(11,12)13/h7-8H,5-6H2,1-4H3,(H,14,15). The van der Waals surface area contributed by atoms with Crippen molar-refractivity contribution in [3.63, 3.8) is 0 Å². The van der Waals surface area contributed by atoms with Gasteiger partial charge in [0.05, 0.1) is 0 Å². The molecule has 0 saturated carbocycles. The van der Waals surface area contributed by atoms with Gasteiger partial charge in [-0.3, -0.25) is 4.99 Å². The maximum Gasteiger partial charge on any atom is 0.448 e. The summed E-state index contributed by atoms with van der Waals surface area (Å²) in [5.74, 6) is -0.475. The molecule has 0 spiro atoms. The van der Waals surface area contributed by atoms with E-state index in [2.05, 4.69) is 10.3 Å². The lowest BCUT2D eigenvalue weighted by Crippen LogP contribution is -2.42. The first-order chi connectivity index (χ1) is 6.81. The fourth-order valence-corrected chi connectivity index (χ4v) is 1.34. The minimum Gasteiger partial charge on any atom is -0.364 e. The molecule has 0 heterocycles. The molecule has 0 aromatic heterocycles. The van der Waals surface area contributed by atoms with Crippen LogP contribution >= 0.6 is 0 Å². The smallest absolute Gasteiger partial charge is 0.364 e. The summed E-state index contributed by atoms with van der Waals surface area (Å²) in [5, 5.41) is 2.40. The van der Waals surface area contributed by atoms with Gasteiger partial charge in [-0.1, -0.05) is 20.3 Å². The molecule has 0 saturated heterocycles.